The average molecular weight is 186 g/mol. The molecular formula is C9H18N2S. The molecule has 1 fully saturated rings. The highest BCUT2D eigenvalue weighted by molar-refractivity contribution is 7.80. The molecule has 0 heterocycles. The molecule has 70 valence electrons. The number of hydrogen-bond donors (Lipinski definition) is 1. The van der Waals surface area contributed by atoms with Crippen LogP contribution in [0.5, 0.6) is 0 Å². The lowest BCUT2D eigenvalue weighted by molar-refractivity contribution is 0.301. The second-order valence-electron chi connectivity index (χ2n) is 3.79. The van der Waals surface area contributed by atoms with E-state index in [0.717, 1.165) is 12.5 Å². The number of likely N-dealkylation sites (N-methyl/N-ethyl adjacent to an activating group) is 1. The summed E-state index contributed by atoms with van der Waals surface area (Å²) in [6.45, 7) is 3.19. The van der Waals surface area contributed by atoms with Crippen molar-refractivity contribution in [1.29, 1.82) is 0 Å². The number of nitrogens with zero attached hydrogens (tertiary/aromatic N) is 1. The van der Waals surface area contributed by atoms with E-state index in [1.807, 2.05) is 0 Å². The summed E-state index contributed by atoms with van der Waals surface area (Å²) < 4.78 is 0. The van der Waals surface area contributed by atoms with Gasteiger partial charge in [0.15, 0.2) is 0 Å². The predicted octanol–water partition coefficient (Wildman–Crippen LogP) is 1.39. The highest BCUT2D eigenvalue weighted by atomic mass is 32.1. The van der Waals surface area contributed by atoms with E-state index in [9.17, 15) is 0 Å². The summed E-state index contributed by atoms with van der Waals surface area (Å²) in [5.74, 6) is 0.992. The van der Waals surface area contributed by atoms with Gasteiger partial charge in [-0.3, -0.25) is 4.90 Å². The van der Waals surface area contributed by atoms with E-state index in [4.69, 9.17) is 18.0 Å². The average Bonchev–Trinajstić information content (AvgIpc) is 2.81. The summed E-state index contributed by atoms with van der Waals surface area (Å²) in [5, 5.41) is 0. The minimum absolute atomic E-state index is 0.249. The van der Waals surface area contributed by atoms with Gasteiger partial charge in [-0.05, 0) is 32.9 Å². The first kappa shape index (κ1) is 9.93. The van der Waals surface area contributed by atoms with E-state index < -0.39 is 0 Å². The lowest BCUT2D eigenvalue weighted by atomic mass is 10.2. The molecule has 0 aromatic heterocycles. The Morgan fingerprint density at radius 1 is 1.67 bits per heavy atom. The highest BCUT2D eigenvalue weighted by Gasteiger charge is 2.22. The largest absolute Gasteiger partial charge is 0.392 e. The Balaban J connectivity index is 2.16. The summed E-state index contributed by atoms with van der Waals surface area (Å²) in [5.41, 5.74) is 5.55. The molecule has 3 heteroatoms. The fourth-order valence-electron chi connectivity index (χ4n) is 1.20. The first-order chi connectivity index (χ1) is 5.61. The van der Waals surface area contributed by atoms with Gasteiger partial charge in [-0.2, -0.15) is 0 Å². The van der Waals surface area contributed by atoms with Crippen LogP contribution in [0.15, 0.2) is 0 Å². The van der Waals surface area contributed by atoms with Gasteiger partial charge in [0.2, 0.25) is 0 Å². The molecule has 0 spiro atoms. The fraction of sp³-hybridized carbons (Fsp3) is 0.889. The van der Waals surface area contributed by atoms with Crippen molar-refractivity contribution in [1.82, 2.24) is 4.90 Å². The zero-order chi connectivity index (χ0) is 9.14. The SMILES string of the molecule is CC(C(N)=S)N(C)CCC1CC1. The van der Waals surface area contributed by atoms with Crippen LogP contribution in [0.1, 0.15) is 26.2 Å². The fourth-order valence-corrected chi connectivity index (χ4v) is 1.38. The molecule has 1 rings (SSSR count). The van der Waals surface area contributed by atoms with E-state index in [1.165, 1.54) is 19.3 Å². The molecule has 0 aliphatic heterocycles. The molecule has 0 saturated heterocycles. The molecule has 0 aromatic carbocycles. The third-order valence-electron chi connectivity index (χ3n) is 2.66. The third kappa shape index (κ3) is 3.07. The molecule has 2 nitrogen and oxygen atoms in total. The molecule has 0 bridgehead atoms. The third-order valence-corrected chi connectivity index (χ3v) is 3.00. The number of hydrogen-bond acceptors (Lipinski definition) is 2. The Kier molecular flexibility index (Phi) is 3.47. The smallest absolute Gasteiger partial charge is 0.0899 e. The van der Waals surface area contributed by atoms with E-state index in [1.54, 1.807) is 0 Å². The molecule has 1 atom stereocenters. The van der Waals surface area contributed by atoms with Crippen molar-refractivity contribution in [2.45, 2.75) is 32.2 Å². The van der Waals surface area contributed by atoms with Gasteiger partial charge in [0, 0.05) is 0 Å². The zero-order valence-corrected chi connectivity index (χ0v) is 8.73. The summed E-state index contributed by atoms with van der Waals surface area (Å²) in [6.07, 6.45) is 4.16. The maximum absolute atomic E-state index is 5.55. The normalized spacial score (nSPS) is 19.6. The van der Waals surface area contributed by atoms with Gasteiger partial charge in [0.25, 0.3) is 0 Å². The quantitative estimate of drug-likeness (QED) is 0.658. The highest BCUT2D eigenvalue weighted by Crippen LogP contribution is 2.32. The van der Waals surface area contributed by atoms with Gasteiger partial charge in [-0.25, -0.2) is 0 Å². The second-order valence-corrected chi connectivity index (χ2v) is 4.26. The van der Waals surface area contributed by atoms with Crippen LogP contribution in [0.3, 0.4) is 0 Å². The van der Waals surface area contributed by atoms with E-state index >= 15 is 0 Å². The molecule has 1 unspecified atom stereocenters. The van der Waals surface area contributed by atoms with Gasteiger partial charge in [0.05, 0.1) is 11.0 Å². The molecule has 0 radical (unpaired) electrons. The van der Waals surface area contributed by atoms with E-state index in [0.29, 0.717) is 4.99 Å². The Morgan fingerprint density at radius 2 is 2.25 bits per heavy atom. The minimum Gasteiger partial charge on any atom is -0.392 e. The first-order valence-corrected chi connectivity index (χ1v) is 5.01. The molecule has 12 heavy (non-hydrogen) atoms. The number of thiocarbonyl (C=S) groups is 1. The first-order valence-electron chi connectivity index (χ1n) is 4.61. The standard InChI is InChI=1S/C9H18N2S/c1-7(9(10)12)11(2)6-5-8-3-4-8/h7-8H,3-6H2,1-2H3,(H2,10,12). The van der Waals surface area contributed by atoms with Crippen LogP contribution in [0.25, 0.3) is 0 Å². The summed E-state index contributed by atoms with van der Waals surface area (Å²) >= 11 is 4.93. The molecule has 1 aliphatic rings. The van der Waals surface area contributed by atoms with Crippen molar-refractivity contribution >= 4 is 17.2 Å². The molecule has 1 saturated carbocycles. The van der Waals surface area contributed by atoms with Gasteiger partial charge in [0.1, 0.15) is 0 Å². The van der Waals surface area contributed by atoms with E-state index in [2.05, 4.69) is 18.9 Å². The van der Waals surface area contributed by atoms with E-state index in [-0.39, 0.29) is 6.04 Å². The molecule has 0 amide bonds. The Bertz CT molecular complexity index is 166. The lowest BCUT2D eigenvalue weighted by Crippen LogP contribution is -2.39. The maximum atomic E-state index is 5.55. The van der Waals surface area contributed by atoms with Crippen LogP contribution >= 0.6 is 12.2 Å². The van der Waals surface area contributed by atoms with Crippen LogP contribution in [-0.2, 0) is 0 Å². The van der Waals surface area contributed by atoms with Crippen LogP contribution in [-0.4, -0.2) is 29.5 Å². The summed E-state index contributed by atoms with van der Waals surface area (Å²) in [6, 6.07) is 0.249. The monoisotopic (exact) mass is 186 g/mol. The molecule has 1 aliphatic carbocycles. The van der Waals surface area contributed by atoms with Crippen LogP contribution < -0.4 is 5.73 Å². The molecular weight excluding hydrogens is 168 g/mol. The van der Waals surface area contributed by atoms with Crippen molar-refractivity contribution in [3.05, 3.63) is 0 Å². The summed E-state index contributed by atoms with van der Waals surface area (Å²) in [4.78, 5) is 2.84. The lowest BCUT2D eigenvalue weighted by Gasteiger charge is -2.23. The maximum Gasteiger partial charge on any atom is 0.0899 e. The topological polar surface area (TPSA) is 29.3 Å². The van der Waals surface area contributed by atoms with Crippen molar-refractivity contribution in [3.63, 3.8) is 0 Å². The summed E-state index contributed by atoms with van der Waals surface area (Å²) in [7, 11) is 2.09. The van der Waals surface area contributed by atoms with Crippen molar-refractivity contribution < 1.29 is 0 Å². The second kappa shape index (κ2) is 4.19. The number of rotatable bonds is 5. The van der Waals surface area contributed by atoms with Crippen molar-refractivity contribution in [2.75, 3.05) is 13.6 Å². The number of nitrogens with two attached hydrogens (primary N) is 1. The van der Waals surface area contributed by atoms with Gasteiger partial charge >= 0.3 is 0 Å². The minimum atomic E-state index is 0.249. The zero-order valence-electron chi connectivity index (χ0n) is 7.92. The Morgan fingerprint density at radius 3 is 2.67 bits per heavy atom. The van der Waals surface area contributed by atoms with Crippen LogP contribution in [0.4, 0.5) is 0 Å². The predicted molar refractivity (Wildman–Crippen MR) is 56.2 cm³/mol. The van der Waals surface area contributed by atoms with Gasteiger partial charge < -0.3 is 5.73 Å². The molecule has 2 N–H and O–H groups in total. The van der Waals surface area contributed by atoms with Crippen LogP contribution in [0, 0.1) is 5.92 Å². The van der Waals surface area contributed by atoms with Crippen molar-refractivity contribution in [3.8, 4) is 0 Å². The van der Waals surface area contributed by atoms with Gasteiger partial charge in [-0.15, -0.1) is 0 Å². The van der Waals surface area contributed by atoms with Crippen LogP contribution in [0.2, 0.25) is 0 Å². The van der Waals surface area contributed by atoms with Gasteiger partial charge in [-0.1, -0.05) is 25.1 Å². The Labute approximate surface area is 80.1 Å². The van der Waals surface area contributed by atoms with Crippen molar-refractivity contribution in [2.24, 2.45) is 11.7 Å². The molecule has 0 aromatic rings. The Hall–Kier alpha value is -0.150.